The fourth-order valence-corrected chi connectivity index (χ4v) is 7.19. The molecule has 3 aromatic carbocycles. The highest BCUT2D eigenvalue weighted by atomic mass is 79.9. The number of aromatic nitrogens is 1. The summed E-state index contributed by atoms with van der Waals surface area (Å²) >= 11 is 7.26. The molecule has 1 aromatic heterocycles. The minimum absolute atomic E-state index is 0.135. The van der Waals surface area contributed by atoms with Crippen LogP contribution in [0.2, 0.25) is 0 Å². The van der Waals surface area contributed by atoms with Crippen molar-refractivity contribution in [3.63, 3.8) is 0 Å². The van der Waals surface area contributed by atoms with Crippen LogP contribution in [0.3, 0.4) is 0 Å². The Kier molecular flexibility index (Phi) is 8.04. The van der Waals surface area contributed by atoms with E-state index in [-0.39, 0.29) is 39.1 Å². The van der Waals surface area contributed by atoms with E-state index in [1.807, 2.05) is 31.2 Å². The van der Waals surface area contributed by atoms with Crippen LogP contribution in [0.5, 0.6) is 0 Å². The first-order valence-electron chi connectivity index (χ1n) is 14.1. The number of ether oxygens (including phenoxy) is 1. The summed E-state index contributed by atoms with van der Waals surface area (Å²) in [5, 5.41) is 0.621. The van der Waals surface area contributed by atoms with Gasteiger partial charge in [-0.2, -0.15) is 0 Å². The lowest BCUT2D eigenvalue weighted by Crippen LogP contribution is -2.34. The number of aryl methyl sites for hydroxylation is 1. The molecule has 2 fully saturated rings. The molecule has 9 heteroatoms. The minimum Gasteiger partial charge on any atom is -0.451 e. The van der Waals surface area contributed by atoms with Crippen molar-refractivity contribution in [2.24, 2.45) is 11.8 Å². The van der Waals surface area contributed by atoms with E-state index >= 15 is 0 Å². The van der Waals surface area contributed by atoms with Crippen LogP contribution in [0, 0.1) is 18.8 Å². The van der Waals surface area contributed by atoms with Crippen LogP contribution < -0.4 is 4.90 Å². The van der Waals surface area contributed by atoms with Gasteiger partial charge in [-0.05, 0) is 50.5 Å². The molecule has 0 bridgehead atoms. The van der Waals surface area contributed by atoms with E-state index in [1.54, 1.807) is 61.5 Å². The molecular formula is C34H28Br2N2O5. The quantitative estimate of drug-likeness (QED) is 0.0924. The molecular weight excluding hydrogens is 676 g/mol. The van der Waals surface area contributed by atoms with Crippen LogP contribution in [0.25, 0.3) is 22.2 Å². The van der Waals surface area contributed by atoms with Crippen LogP contribution in [-0.2, 0) is 14.3 Å². The number of esters is 1. The van der Waals surface area contributed by atoms with Crippen LogP contribution in [-0.4, -0.2) is 44.3 Å². The van der Waals surface area contributed by atoms with Crippen molar-refractivity contribution in [2.45, 2.75) is 42.4 Å². The van der Waals surface area contributed by atoms with Gasteiger partial charge in [0, 0.05) is 26.2 Å². The van der Waals surface area contributed by atoms with Gasteiger partial charge in [0.05, 0.1) is 34.3 Å². The third-order valence-corrected chi connectivity index (χ3v) is 11.0. The number of halogens is 2. The Morgan fingerprint density at radius 1 is 0.884 bits per heavy atom. The Balaban J connectivity index is 1.30. The summed E-state index contributed by atoms with van der Waals surface area (Å²) in [4.78, 5) is 59.3. The highest BCUT2D eigenvalue weighted by Gasteiger charge is 2.52. The molecule has 1 saturated carbocycles. The molecule has 1 saturated heterocycles. The normalized spacial score (nSPS) is 22.4. The molecule has 7 nitrogen and oxygen atoms in total. The number of nitrogens with zero attached hydrogens (tertiary/aromatic N) is 2. The topological polar surface area (TPSA) is 93.6 Å². The highest BCUT2D eigenvalue weighted by Crippen LogP contribution is 2.44. The summed E-state index contributed by atoms with van der Waals surface area (Å²) in [5.74, 6) is -1.92. The van der Waals surface area contributed by atoms with Crippen LogP contribution in [0.4, 0.5) is 5.69 Å². The maximum atomic E-state index is 13.5. The van der Waals surface area contributed by atoms with E-state index < -0.39 is 12.1 Å². The zero-order valence-electron chi connectivity index (χ0n) is 23.5. The summed E-state index contributed by atoms with van der Waals surface area (Å²) in [5.41, 5.74) is 4.02. The molecule has 2 amide bonds. The fraction of sp³-hybridized carbons (Fsp3) is 0.265. The van der Waals surface area contributed by atoms with Gasteiger partial charge in [0.25, 0.3) is 0 Å². The first-order chi connectivity index (χ1) is 20.6. The third-order valence-electron chi connectivity index (χ3n) is 8.31. The molecule has 2 aliphatic rings. The smallest absolute Gasteiger partial charge is 0.339 e. The van der Waals surface area contributed by atoms with Gasteiger partial charge < -0.3 is 4.74 Å². The number of Topliss-reactive ketones (excluding diaryl/α,β-unsaturated/α-hetero) is 1. The van der Waals surface area contributed by atoms with Crippen molar-refractivity contribution >= 4 is 72.0 Å². The van der Waals surface area contributed by atoms with Gasteiger partial charge in [-0.15, -0.1) is 0 Å². The second-order valence-electron chi connectivity index (χ2n) is 11.1. The number of para-hydroxylation sites is 1. The van der Waals surface area contributed by atoms with Gasteiger partial charge in [-0.25, -0.2) is 9.78 Å². The summed E-state index contributed by atoms with van der Waals surface area (Å²) < 4.78 is 5.66. The lowest BCUT2D eigenvalue weighted by molar-refractivity contribution is -0.122. The monoisotopic (exact) mass is 702 g/mol. The standard InChI is InChI=1S/C34H28Br2N2O5/c1-18-7-6-10-23-26(34(42)43-19(2)31(39)21-8-4-3-5-9-21)17-29(37-30(18)23)20-11-13-22(14-12-20)38-32(40)24-15-27(35)28(36)16-25(24)33(38)41/h3-14,17,19,24-25,27-28H,15-16H2,1-2H3. The number of ketones is 1. The van der Waals surface area contributed by atoms with Crippen LogP contribution in [0.1, 0.15) is 46.0 Å². The predicted molar refractivity (Wildman–Crippen MR) is 172 cm³/mol. The van der Waals surface area contributed by atoms with E-state index in [4.69, 9.17) is 9.72 Å². The predicted octanol–water partition coefficient (Wildman–Crippen LogP) is 7.06. The molecule has 0 radical (unpaired) electrons. The summed E-state index contributed by atoms with van der Waals surface area (Å²) in [6.07, 6.45) is 0.229. The number of fused-ring (bicyclic) bond motifs is 2. The number of benzene rings is 3. The number of hydrogen-bond acceptors (Lipinski definition) is 6. The number of pyridine rings is 1. The molecule has 218 valence electrons. The average Bonchev–Trinajstić information content (AvgIpc) is 3.25. The number of rotatable bonds is 6. The zero-order valence-corrected chi connectivity index (χ0v) is 26.7. The van der Waals surface area contributed by atoms with Gasteiger partial charge in [-0.3, -0.25) is 19.3 Å². The second-order valence-corrected chi connectivity index (χ2v) is 13.4. The van der Waals surface area contributed by atoms with Crippen molar-refractivity contribution in [1.82, 2.24) is 4.98 Å². The van der Waals surface area contributed by atoms with Gasteiger partial charge in [0.1, 0.15) is 0 Å². The van der Waals surface area contributed by atoms with Gasteiger partial charge in [0.2, 0.25) is 17.6 Å². The molecule has 0 N–H and O–H groups in total. The minimum atomic E-state index is -0.982. The molecule has 5 atom stereocenters. The van der Waals surface area contributed by atoms with E-state index in [0.29, 0.717) is 51.8 Å². The number of imide groups is 1. The van der Waals surface area contributed by atoms with Crippen molar-refractivity contribution in [2.75, 3.05) is 4.90 Å². The van der Waals surface area contributed by atoms with Crippen LogP contribution >= 0.6 is 31.9 Å². The first kappa shape index (κ1) is 29.4. The zero-order chi connectivity index (χ0) is 30.4. The number of anilines is 1. The van der Waals surface area contributed by atoms with E-state index in [2.05, 4.69) is 31.9 Å². The maximum absolute atomic E-state index is 13.5. The van der Waals surface area contributed by atoms with Gasteiger partial charge in [0.15, 0.2) is 6.10 Å². The lowest BCUT2D eigenvalue weighted by Gasteiger charge is -2.29. The SMILES string of the molecule is Cc1cccc2c(C(=O)OC(C)C(=O)c3ccccc3)cc(-c3ccc(N4C(=O)C5CC(Br)C(Br)CC5C4=O)cc3)nc12. The summed E-state index contributed by atoms with van der Waals surface area (Å²) in [6.45, 7) is 3.48. The molecule has 5 unspecified atom stereocenters. The average molecular weight is 704 g/mol. The third kappa shape index (κ3) is 5.45. The summed E-state index contributed by atoms with van der Waals surface area (Å²) in [7, 11) is 0. The van der Waals surface area contributed by atoms with Crippen molar-refractivity contribution in [3.8, 4) is 11.3 Å². The first-order valence-corrected chi connectivity index (χ1v) is 15.9. The second kappa shape index (κ2) is 11.8. The van der Waals surface area contributed by atoms with E-state index in [0.717, 1.165) is 5.56 Å². The highest BCUT2D eigenvalue weighted by molar-refractivity contribution is 9.12. The lowest BCUT2D eigenvalue weighted by atomic mass is 9.81. The molecule has 43 heavy (non-hydrogen) atoms. The Hall–Kier alpha value is -3.69. The van der Waals surface area contributed by atoms with Crippen molar-refractivity contribution < 1.29 is 23.9 Å². The molecule has 4 aromatic rings. The Morgan fingerprint density at radius 3 is 2.14 bits per heavy atom. The molecule has 6 rings (SSSR count). The van der Waals surface area contributed by atoms with Crippen LogP contribution in [0.15, 0.2) is 78.9 Å². The maximum Gasteiger partial charge on any atom is 0.339 e. The number of hydrogen-bond donors (Lipinski definition) is 0. The number of carbonyl (C=O) groups is 4. The number of alkyl halides is 2. The number of carbonyl (C=O) groups excluding carboxylic acids is 4. The van der Waals surface area contributed by atoms with Gasteiger partial charge >= 0.3 is 5.97 Å². The van der Waals surface area contributed by atoms with Crippen molar-refractivity contribution in [1.29, 1.82) is 0 Å². The van der Waals surface area contributed by atoms with Crippen molar-refractivity contribution in [3.05, 3.63) is 95.6 Å². The summed E-state index contributed by atoms with van der Waals surface area (Å²) in [6, 6.07) is 23.0. The van der Waals surface area contributed by atoms with E-state index in [1.165, 1.54) is 4.90 Å². The molecule has 1 aliphatic heterocycles. The van der Waals surface area contributed by atoms with Gasteiger partial charge in [-0.1, -0.05) is 92.5 Å². The molecule has 0 spiro atoms. The number of amides is 2. The fourth-order valence-electron chi connectivity index (χ4n) is 5.95. The molecule has 1 aliphatic carbocycles. The Morgan fingerprint density at radius 2 is 1.51 bits per heavy atom. The molecule has 2 heterocycles. The Labute approximate surface area is 265 Å². The Bertz CT molecular complexity index is 1730. The van der Waals surface area contributed by atoms with E-state index in [9.17, 15) is 19.2 Å². The largest absolute Gasteiger partial charge is 0.451 e.